The van der Waals surface area contributed by atoms with Crippen LogP contribution in [-0.4, -0.2) is 0 Å². The third-order valence-corrected chi connectivity index (χ3v) is 5.14. The highest BCUT2D eigenvalue weighted by Crippen LogP contribution is 2.50. The number of phosphoric ester groups is 1. The third-order valence-electron chi connectivity index (χ3n) is 3.84. The highest BCUT2D eigenvalue weighted by molar-refractivity contribution is 7.49. The van der Waals surface area contributed by atoms with E-state index in [1.807, 2.05) is 30.3 Å². The average molecular weight is 382 g/mol. The molecule has 3 aromatic rings. The van der Waals surface area contributed by atoms with E-state index in [2.05, 4.69) is 20.8 Å². The fourth-order valence-electron chi connectivity index (χ4n) is 2.43. The summed E-state index contributed by atoms with van der Waals surface area (Å²) in [5.74, 6) is 1.24. The number of phosphoric acid groups is 1. The number of hydrogen-bond donors (Lipinski definition) is 0. The Morgan fingerprint density at radius 2 is 1.07 bits per heavy atom. The molecule has 3 aromatic carbocycles. The number of para-hydroxylation sites is 2. The molecule has 0 saturated heterocycles. The molecule has 0 aliphatic heterocycles. The van der Waals surface area contributed by atoms with E-state index in [-0.39, 0.29) is 5.41 Å². The number of hydrogen-bond acceptors (Lipinski definition) is 4. The summed E-state index contributed by atoms with van der Waals surface area (Å²) in [6.07, 6.45) is 0. The predicted molar refractivity (Wildman–Crippen MR) is 108 cm³/mol. The van der Waals surface area contributed by atoms with Crippen molar-refractivity contribution in [3.8, 4) is 17.2 Å². The SMILES string of the molecule is CC(C)(C)c1cccc(OP(=O)(Oc2ccccc2)Oc2ccccc2)c1. The second kappa shape index (κ2) is 7.89. The van der Waals surface area contributed by atoms with Crippen molar-refractivity contribution in [2.24, 2.45) is 0 Å². The van der Waals surface area contributed by atoms with Gasteiger partial charge in [0.2, 0.25) is 0 Å². The Hall–Kier alpha value is -2.71. The van der Waals surface area contributed by atoms with E-state index in [0.717, 1.165) is 5.56 Å². The van der Waals surface area contributed by atoms with Crippen molar-refractivity contribution in [1.82, 2.24) is 0 Å². The lowest BCUT2D eigenvalue weighted by Gasteiger charge is -2.22. The molecule has 0 spiro atoms. The topological polar surface area (TPSA) is 44.8 Å². The summed E-state index contributed by atoms with van der Waals surface area (Å²) in [6, 6.07) is 25.2. The summed E-state index contributed by atoms with van der Waals surface area (Å²) in [7, 11) is -3.96. The average Bonchev–Trinajstić information content (AvgIpc) is 2.62. The van der Waals surface area contributed by atoms with Crippen molar-refractivity contribution in [3.63, 3.8) is 0 Å². The maximum Gasteiger partial charge on any atom is 0.647 e. The van der Waals surface area contributed by atoms with Crippen LogP contribution >= 0.6 is 7.82 Å². The molecule has 140 valence electrons. The Labute approximate surface area is 160 Å². The van der Waals surface area contributed by atoms with Crippen LogP contribution in [0.2, 0.25) is 0 Å². The zero-order chi connectivity index (χ0) is 19.3. The minimum Gasteiger partial charge on any atom is -0.386 e. The zero-order valence-electron chi connectivity index (χ0n) is 15.7. The van der Waals surface area contributed by atoms with E-state index in [1.54, 1.807) is 54.6 Å². The van der Waals surface area contributed by atoms with Gasteiger partial charge in [-0.2, -0.15) is 4.57 Å². The minimum atomic E-state index is -3.96. The zero-order valence-corrected chi connectivity index (χ0v) is 16.6. The van der Waals surface area contributed by atoms with Crippen molar-refractivity contribution in [3.05, 3.63) is 90.5 Å². The molecule has 0 aromatic heterocycles. The smallest absolute Gasteiger partial charge is 0.386 e. The van der Waals surface area contributed by atoms with Gasteiger partial charge in [-0.05, 0) is 47.4 Å². The van der Waals surface area contributed by atoms with Crippen LogP contribution in [0.5, 0.6) is 17.2 Å². The van der Waals surface area contributed by atoms with Crippen LogP contribution in [0, 0.1) is 0 Å². The molecule has 0 saturated carbocycles. The molecule has 0 atom stereocenters. The van der Waals surface area contributed by atoms with Gasteiger partial charge < -0.3 is 13.6 Å². The molecule has 5 heteroatoms. The van der Waals surface area contributed by atoms with Crippen LogP contribution in [0.1, 0.15) is 26.3 Å². The standard InChI is InChI=1S/C22H23O4P/c1-22(2,3)18-11-10-16-21(17-18)26-27(23,24-19-12-6-4-7-13-19)25-20-14-8-5-9-15-20/h4-17H,1-3H3. The van der Waals surface area contributed by atoms with Crippen LogP contribution in [-0.2, 0) is 9.98 Å². The lowest BCUT2D eigenvalue weighted by atomic mass is 9.87. The first-order chi connectivity index (χ1) is 12.8. The van der Waals surface area contributed by atoms with Gasteiger partial charge in [0.15, 0.2) is 0 Å². The van der Waals surface area contributed by atoms with E-state index in [0.29, 0.717) is 17.2 Å². The maximum atomic E-state index is 13.4. The van der Waals surface area contributed by atoms with Crippen LogP contribution < -0.4 is 13.6 Å². The summed E-state index contributed by atoms with van der Waals surface area (Å²) in [6.45, 7) is 6.31. The lowest BCUT2D eigenvalue weighted by Crippen LogP contribution is -2.12. The quantitative estimate of drug-likeness (QED) is 0.449. The van der Waals surface area contributed by atoms with Gasteiger partial charge in [-0.3, -0.25) is 0 Å². The molecule has 0 fully saturated rings. The molecule has 0 aliphatic rings. The van der Waals surface area contributed by atoms with E-state index >= 15 is 0 Å². The van der Waals surface area contributed by atoms with E-state index in [1.165, 1.54) is 0 Å². The van der Waals surface area contributed by atoms with Gasteiger partial charge in [0.1, 0.15) is 17.2 Å². The number of rotatable bonds is 6. The second-order valence-corrected chi connectivity index (χ2v) is 8.57. The van der Waals surface area contributed by atoms with Crippen molar-refractivity contribution in [2.45, 2.75) is 26.2 Å². The molecule has 4 nitrogen and oxygen atoms in total. The summed E-state index contributed by atoms with van der Waals surface area (Å²) in [5, 5.41) is 0. The fourth-order valence-corrected chi connectivity index (χ4v) is 3.67. The molecule has 0 radical (unpaired) electrons. The molecule has 0 aliphatic carbocycles. The Morgan fingerprint density at radius 1 is 0.630 bits per heavy atom. The highest BCUT2D eigenvalue weighted by Gasteiger charge is 2.33. The molecule has 0 N–H and O–H groups in total. The van der Waals surface area contributed by atoms with Crippen molar-refractivity contribution >= 4 is 7.82 Å². The van der Waals surface area contributed by atoms with Gasteiger partial charge in [0, 0.05) is 0 Å². The molecular weight excluding hydrogens is 359 g/mol. The number of benzene rings is 3. The highest BCUT2D eigenvalue weighted by atomic mass is 31.2. The minimum absolute atomic E-state index is 0.0655. The first kappa shape index (κ1) is 19.1. The Kier molecular flexibility index (Phi) is 5.57. The van der Waals surface area contributed by atoms with Gasteiger partial charge in [-0.15, -0.1) is 0 Å². The van der Waals surface area contributed by atoms with Crippen molar-refractivity contribution in [2.75, 3.05) is 0 Å². The summed E-state index contributed by atoms with van der Waals surface area (Å²) in [4.78, 5) is 0. The molecule has 27 heavy (non-hydrogen) atoms. The van der Waals surface area contributed by atoms with Crippen LogP contribution in [0.25, 0.3) is 0 Å². The predicted octanol–water partition coefficient (Wildman–Crippen LogP) is 6.63. The Bertz CT molecular complexity index is 872. The molecule has 0 heterocycles. The normalized spacial score (nSPS) is 11.7. The summed E-state index contributed by atoms with van der Waals surface area (Å²) in [5.41, 5.74) is 0.996. The summed E-state index contributed by atoms with van der Waals surface area (Å²) >= 11 is 0. The van der Waals surface area contributed by atoms with E-state index in [4.69, 9.17) is 13.6 Å². The van der Waals surface area contributed by atoms with E-state index < -0.39 is 7.82 Å². The van der Waals surface area contributed by atoms with Gasteiger partial charge >= 0.3 is 7.82 Å². The van der Waals surface area contributed by atoms with Crippen molar-refractivity contribution in [1.29, 1.82) is 0 Å². The van der Waals surface area contributed by atoms with Crippen LogP contribution in [0.15, 0.2) is 84.9 Å². The molecule has 0 unspecified atom stereocenters. The largest absolute Gasteiger partial charge is 0.647 e. The van der Waals surface area contributed by atoms with Gasteiger partial charge in [0.05, 0.1) is 0 Å². The molecule has 0 bridgehead atoms. The van der Waals surface area contributed by atoms with Gasteiger partial charge in [0.25, 0.3) is 0 Å². The summed E-state index contributed by atoms with van der Waals surface area (Å²) < 4.78 is 30.5. The fraction of sp³-hybridized carbons (Fsp3) is 0.182. The second-order valence-electron chi connectivity index (χ2n) is 7.13. The van der Waals surface area contributed by atoms with Gasteiger partial charge in [-0.1, -0.05) is 69.3 Å². The first-order valence-corrected chi connectivity index (χ1v) is 10.2. The van der Waals surface area contributed by atoms with Gasteiger partial charge in [-0.25, -0.2) is 0 Å². The first-order valence-electron chi connectivity index (χ1n) is 8.74. The lowest BCUT2D eigenvalue weighted by molar-refractivity contribution is 0.298. The third kappa shape index (κ3) is 5.38. The Balaban J connectivity index is 1.91. The molecule has 0 amide bonds. The molecular formula is C22H23O4P. The van der Waals surface area contributed by atoms with Crippen LogP contribution in [0.4, 0.5) is 0 Å². The van der Waals surface area contributed by atoms with Crippen LogP contribution in [0.3, 0.4) is 0 Å². The molecule has 3 rings (SSSR count). The monoisotopic (exact) mass is 382 g/mol. The van der Waals surface area contributed by atoms with E-state index in [9.17, 15) is 4.57 Å². The maximum absolute atomic E-state index is 13.4. The Morgan fingerprint density at radius 3 is 1.56 bits per heavy atom. The van der Waals surface area contributed by atoms with Crippen molar-refractivity contribution < 1.29 is 18.1 Å².